The minimum atomic E-state index is 0.878. The maximum Gasteiger partial charge on any atom is 0.165 e. The quantitative estimate of drug-likeness (QED) is 0.666. The van der Waals surface area contributed by atoms with Crippen LogP contribution in [0.4, 0.5) is 0 Å². The molecule has 2 heterocycles. The highest BCUT2D eigenvalue weighted by atomic mass is 127. The smallest absolute Gasteiger partial charge is 0.165 e. The average molecular weight is 245 g/mol. The molecular formula is C7H4INO. The van der Waals surface area contributed by atoms with Crippen molar-refractivity contribution in [1.82, 2.24) is 4.98 Å². The molecule has 2 aromatic rings. The number of nitrogens with zero attached hydrogens (tertiary/aromatic N) is 1. The fourth-order valence-corrected chi connectivity index (χ4v) is 1.41. The Kier molecular flexibility index (Phi) is 1.37. The molecular weight excluding hydrogens is 241 g/mol. The van der Waals surface area contributed by atoms with Crippen LogP contribution in [0.3, 0.4) is 0 Å². The van der Waals surface area contributed by atoms with Crippen LogP contribution in [-0.4, -0.2) is 4.98 Å². The zero-order valence-electron chi connectivity index (χ0n) is 5.04. The summed E-state index contributed by atoms with van der Waals surface area (Å²) in [5, 5.41) is 0. The van der Waals surface area contributed by atoms with Gasteiger partial charge < -0.3 is 4.42 Å². The van der Waals surface area contributed by atoms with Gasteiger partial charge in [-0.2, -0.15) is 0 Å². The van der Waals surface area contributed by atoms with Crippen molar-refractivity contribution in [2.24, 2.45) is 0 Å². The molecule has 0 fully saturated rings. The Labute approximate surface area is 71.4 Å². The minimum Gasteiger partial charge on any atom is -0.462 e. The number of hydrogen-bond donors (Lipinski definition) is 0. The van der Waals surface area contributed by atoms with E-state index in [1.807, 2.05) is 12.1 Å². The van der Waals surface area contributed by atoms with E-state index in [1.54, 1.807) is 12.5 Å². The van der Waals surface area contributed by atoms with Gasteiger partial charge in [-0.25, -0.2) is 0 Å². The van der Waals surface area contributed by atoms with Crippen LogP contribution in [0.15, 0.2) is 29.0 Å². The Hall–Kier alpha value is -0.580. The molecule has 0 atom stereocenters. The van der Waals surface area contributed by atoms with Crippen LogP contribution in [0.2, 0.25) is 0 Å². The molecule has 0 saturated carbocycles. The molecule has 0 spiro atoms. The number of fused-ring (bicyclic) bond motifs is 1. The van der Waals surface area contributed by atoms with Crippen LogP contribution in [0.5, 0.6) is 0 Å². The Morgan fingerprint density at radius 1 is 1.40 bits per heavy atom. The molecule has 2 nitrogen and oxygen atoms in total. The number of halogens is 1. The second-order valence-corrected chi connectivity index (χ2v) is 3.09. The van der Waals surface area contributed by atoms with Crippen LogP contribution < -0.4 is 0 Å². The van der Waals surface area contributed by atoms with Crippen LogP contribution in [0.25, 0.3) is 11.1 Å². The van der Waals surface area contributed by atoms with Crippen molar-refractivity contribution >= 4 is 33.7 Å². The Bertz CT molecular complexity index is 355. The molecule has 0 aromatic carbocycles. The van der Waals surface area contributed by atoms with Gasteiger partial charge in [0.25, 0.3) is 0 Å². The molecule has 0 saturated heterocycles. The molecule has 0 unspecified atom stereocenters. The third-order valence-corrected chi connectivity index (χ3v) is 2.15. The van der Waals surface area contributed by atoms with Gasteiger partial charge in [-0.1, -0.05) is 0 Å². The fourth-order valence-electron chi connectivity index (χ4n) is 0.842. The lowest BCUT2D eigenvalue weighted by Gasteiger charge is -1.88. The SMILES string of the molecule is Ic1ccnc2ccoc12. The van der Waals surface area contributed by atoms with Gasteiger partial charge in [0.2, 0.25) is 0 Å². The van der Waals surface area contributed by atoms with E-state index >= 15 is 0 Å². The molecule has 0 radical (unpaired) electrons. The first-order valence-corrected chi connectivity index (χ1v) is 3.93. The maximum atomic E-state index is 5.18. The fraction of sp³-hybridized carbons (Fsp3) is 0. The summed E-state index contributed by atoms with van der Waals surface area (Å²) in [5.41, 5.74) is 1.80. The maximum absolute atomic E-state index is 5.18. The molecule has 0 aliphatic rings. The lowest BCUT2D eigenvalue weighted by atomic mass is 10.4. The van der Waals surface area contributed by atoms with Gasteiger partial charge in [-0.3, -0.25) is 4.98 Å². The van der Waals surface area contributed by atoms with Gasteiger partial charge in [-0.05, 0) is 28.7 Å². The summed E-state index contributed by atoms with van der Waals surface area (Å²) in [6.45, 7) is 0. The second kappa shape index (κ2) is 2.23. The molecule has 10 heavy (non-hydrogen) atoms. The van der Waals surface area contributed by atoms with E-state index in [0.717, 1.165) is 14.7 Å². The lowest BCUT2D eigenvalue weighted by Crippen LogP contribution is -1.74. The zero-order valence-corrected chi connectivity index (χ0v) is 7.20. The van der Waals surface area contributed by atoms with Crippen LogP contribution in [0.1, 0.15) is 0 Å². The van der Waals surface area contributed by atoms with Crippen molar-refractivity contribution in [3.05, 3.63) is 28.2 Å². The van der Waals surface area contributed by atoms with Crippen LogP contribution in [-0.2, 0) is 0 Å². The van der Waals surface area contributed by atoms with Crippen molar-refractivity contribution in [3.8, 4) is 0 Å². The number of hydrogen-bond acceptors (Lipinski definition) is 2. The van der Waals surface area contributed by atoms with Crippen molar-refractivity contribution in [3.63, 3.8) is 0 Å². The van der Waals surface area contributed by atoms with Crippen molar-refractivity contribution < 1.29 is 4.42 Å². The molecule has 0 bridgehead atoms. The number of pyridine rings is 1. The average Bonchev–Trinajstić information content (AvgIpc) is 2.36. The molecule has 2 aromatic heterocycles. The second-order valence-electron chi connectivity index (χ2n) is 1.93. The standard InChI is InChI=1S/C7H4INO/c8-5-1-3-9-6-2-4-10-7(5)6/h1-4H. The Balaban J connectivity index is 2.95. The van der Waals surface area contributed by atoms with Crippen molar-refractivity contribution in [1.29, 1.82) is 0 Å². The van der Waals surface area contributed by atoms with Gasteiger partial charge in [-0.15, -0.1) is 0 Å². The van der Waals surface area contributed by atoms with E-state index in [-0.39, 0.29) is 0 Å². The molecule has 50 valence electrons. The summed E-state index contributed by atoms with van der Waals surface area (Å²) in [7, 11) is 0. The molecule has 0 amide bonds. The number of rotatable bonds is 0. The van der Waals surface area contributed by atoms with E-state index in [4.69, 9.17) is 4.42 Å². The monoisotopic (exact) mass is 245 g/mol. The first-order valence-electron chi connectivity index (χ1n) is 2.85. The van der Waals surface area contributed by atoms with Crippen LogP contribution in [0, 0.1) is 3.57 Å². The Morgan fingerprint density at radius 2 is 2.30 bits per heavy atom. The van der Waals surface area contributed by atoms with Gasteiger partial charge in [0.1, 0.15) is 5.52 Å². The van der Waals surface area contributed by atoms with Gasteiger partial charge in [0.15, 0.2) is 5.58 Å². The molecule has 2 rings (SSSR count). The van der Waals surface area contributed by atoms with Gasteiger partial charge in [0, 0.05) is 12.3 Å². The van der Waals surface area contributed by atoms with Crippen LogP contribution >= 0.6 is 22.6 Å². The first kappa shape index (κ1) is 6.15. The first-order chi connectivity index (χ1) is 4.88. The summed E-state index contributed by atoms with van der Waals surface area (Å²) in [6, 6.07) is 3.78. The highest BCUT2D eigenvalue weighted by molar-refractivity contribution is 14.1. The summed E-state index contributed by atoms with van der Waals surface area (Å²) in [5.74, 6) is 0. The minimum absolute atomic E-state index is 0.878. The van der Waals surface area contributed by atoms with Crippen molar-refractivity contribution in [2.45, 2.75) is 0 Å². The van der Waals surface area contributed by atoms with Gasteiger partial charge >= 0.3 is 0 Å². The molecule has 3 heteroatoms. The summed E-state index contributed by atoms with van der Waals surface area (Å²) < 4.78 is 6.28. The molecule has 0 aliphatic carbocycles. The van der Waals surface area contributed by atoms with E-state index < -0.39 is 0 Å². The molecule has 0 N–H and O–H groups in total. The lowest BCUT2D eigenvalue weighted by molar-refractivity contribution is 0.613. The third kappa shape index (κ3) is 0.811. The normalized spacial score (nSPS) is 10.5. The van der Waals surface area contributed by atoms with Gasteiger partial charge in [0.05, 0.1) is 9.83 Å². The van der Waals surface area contributed by atoms with E-state index in [9.17, 15) is 0 Å². The molecule has 0 aliphatic heterocycles. The summed E-state index contributed by atoms with van der Waals surface area (Å²) >= 11 is 2.22. The largest absolute Gasteiger partial charge is 0.462 e. The number of aromatic nitrogens is 1. The predicted molar refractivity (Wildman–Crippen MR) is 46.7 cm³/mol. The summed E-state index contributed by atoms with van der Waals surface area (Å²) in [4.78, 5) is 4.10. The van der Waals surface area contributed by atoms with E-state index in [1.165, 1.54) is 0 Å². The van der Waals surface area contributed by atoms with Crippen molar-refractivity contribution in [2.75, 3.05) is 0 Å². The van der Waals surface area contributed by atoms with E-state index in [2.05, 4.69) is 27.6 Å². The summed E-state index contributed by atoms with van der Waals surface area (Å²) in [6.07, 6.45) is 3.43. The topological polar surface area (TPSA) is 26.0 Å². The zero-order chi connectivity index (χ0) is 6.97. The Morgan fingerprint density at radius 3 is 3.10 bits per heavy atom. The predicted octanol–water partition coefficient (Wildman–Crippen LogP) is 2.43. The highest BCUT2D eigenvalue weighted by Crippen LogP contribution is 2.18. The third-order valence-electron chi connectivity index (χ3n) is 1.30. The highest BCUT2D eigenvalue weighted by Gasteiger charge is 1.99. The number of furan rings is 1. The van der Waals surface area contributed by atoms with E-state index in [0.29, 0.717) is 0 Å².